The molecule has 2 aromatic carbocycles. The average Bonchev–Trinajstić information content (AvgIpc) is 2.74. The lowest BCUT2D eigenvalue weighted by molar-refractivity contribution is -0.139. The van der Waals surface area contributed by atoms with Gasteiger partial charge in [-0.25, -0.2) is 4.79 Å². The maximum atomic E-state index is 12.8. The maximum Gasteiger partial charge on any atom is 0.338 e. The molecule has 2 N–H and O–H groups in total. The Balaban J connectivity index is 2.05. The van der Waals surface area contributed by atoms with Crippen LogP contribution in [0.15, 0.2) is 63.7 Å². The molecule has 2 aromatic rings. The molecule has 7 heteroatoms. The quantitative estimate of drug-likeness (QED) is 0.545. The third-order valence-electron chi connectivity index (χ3n) is 5.34. The minimum atomic E-state index is -0.681. The monoisotopic (exact) mass is 496 g/mol. The molecule has 0 saturated heterocycles. The minimum absolute atomic E-state index is 0.00399. The Hall–Kier alpha value is -3.24. The van der Waals surface area contributed by atoms with Gasteiger partial charge in [-0.1, -0.05) is 28.1 Å². The number of nitrogens with two attached hydrogens (primary N) is 1. The molecule has 0 radical (unpaired) electrons. The second-order valence-electron chi connectivity index (χ2n) is 7.49. The van der Waals surface area contributed by atoms with Crippen LogP contribution in [0.4, 0.5) is 0 Å². The third-order valence-corrected chi connectivity index (χ3v) is 5.87. The summed E-state index contributed by atoms with van der Waals surface area (Å²) in [5.41, 5.74) is 10.2. The maximum absolute atomic E-state index is 12.8. The number of allylic oxidation sites excluding steroid dienone is 2. The molecule has 6 nitrogen and oxygen atoms in total. The fourth-order valence-electron chi connectivity index (χ4n) is 3.74. The minimum Gasteiger partial charge on any atom is -0.489 e. The van der Waals surface area contributed by atoms with Crippen molar-refractivity contribution in [3.8, 4) is 11.8 Å². The van der Waals surface area contributed by atoms with E-state index in [-0.39, 0.29) is 23.6 Å². The second-order valence-corrected chi connectivity index (χ2v) is 8.41. The van der Waals surface area contributed by atoms with Gasteiger partial charge in [-0.15, -0.1) is 0 Å². The molecule has 32 heavy (non-hydrogen) atoms. The van der Waals surface area contributed by atoms with Crippen molar-refractivity contribution in [2.45, 2.75) is 40.2 Å². The lowest BCUT2D eigenvalue weighted by atomic mass is 9.80. The summed E-state index contributed by atoms with van der Waals surface area (Å²) in [6.45, 7) is 7.88. The van der Waals surface area contributed by atoms with E-state index in [0.717, 1.165) is 32.5 Å². The van der Waals surface area contributed by atoms with Crippen LogP contribution in [0.1, 0.15) is 42.0 Å². The molecule has 0 aliphatic carbocycles. The molecule has 0 saturated carbocycles. The zero-order valence-electron chi connectivity index (χ0n) is 18.5. The van der Waals surface area contributed by atoms with Gasteiger partial charge in [0.05, 0.1) is 18.1 Å². The first-order valence-electron chi connectivity index (χ1n) is 10.2. The number of esters is 1. The first-order chi connectivity index (χ1) is 15.3. The van der Waals surface area contributed by atoms with Crippen LogP contribution in [0.25, 0.3) is 0 Å². The van der Waals surface area contributed by atoms with Crippen LogP contribution in [0.3, 0.4) is 0 Å². The van der Waals surface area contributed by atoms with Crippen LogP contribution >= 0.6 is 15.9 Å². The highest BCUT2D eigenvalue weighted by molar-refractivity contribution is 9.10. The summed E-state index contributed by atoms with van der Waals surface area (Å²) in [5.74, 6) is -0.137. The van der Waals surface area contributed by atoms with Crippen LogP contribution in [-0.2, 0) is 20.9 Å². The SMILES string of the molecule is CCOC(=O)C1=C(C)OC(N)=C(C#N)C1c1cc(COc2ccc(Br)cc2)c(C)cc1C. The number of carbonyl (C=O) groups excluding carboxylic acids is 1. The van der Waals surface area contributed by atoms with Gasteiger partial charge in [0, 0.05) is 4.47 Å². The van der Waals surface area contributed by atoms with Gasteiger partial charge in [-0.3, -0.25) is 0 Å². The lowest BCUT2D eigenvalue weighted by Crippen LogP contribution is -2.26. The molecule has 1 atom stereocenters. The number of hydrogen-bond acceptors (Lipinski definition) is 6. The van der Waals surface area contributed by atoms with Gasteiger partial charge in [0.25, 0.3) is 0 Å². The molecular formula is C25H25BrN2O4. The summed E-state index contributed by atoms with van der Waals surface area (Å²) >= 11 is 3.42. The van der Waals surface area contributed by atoms with Crippen LogP contribution < -0.4 is 10.5 Å². The van der Waals surface area contributed by atoms with Crippen molar-refractivity contribution in [1.29, 1.82) is 5.26 Å². The van der Waals surface area contributed by atoms with E-state index in [1.165, 1.54) is 0 Å². The van der Waals surface area contributed by atoms with Crippen molar-refractivity contribution >= 4 is 21.9 Å². The normalized spacial score (nSPS) is 15.8. The number of aryl methyl sites for hydroxylation is 2. The standard InChI is InChI=1S/C25H25BrN2O4/c1-5-30-25(29)22-16(4)32-24(28)21(12-27)23(22)20-11-17(14(2)10-15(20)3)13-31-19-8-6-18(26)7-9-19/h6-11,23H,5,13,28H2,1-4H3. The average molecular weight is 497 g/mol. The van der Waals surface area contributed by atoms with Crippen molar-refractivity contribution in [2.75, 3.05) is 6.61 Å². The highest BCUT2D eigenvalue weighted by Gasteiger charge is 2.37. The van der Waals surface area contributed by atoms with Crippen LogP contribution in [0, 0.1) is 25.2 Å². The summed E-state index contributed by atoms with van der Waals surface area (Å²) in [7, 11) is 0. The third kappa shape index (κ3) is 4.81. The number of nitriles is 1. The second kappa shape index (κ2) is 9.92. The molecule has 0 amide bonds. The smallest absolute Gasteiger partial charge is 0.338 e. The summed E-state index contributed by atoms with van der Waals surface area (Å²) < 4.78 is 17.7. The zero-order valence-corrected chi connectivity index (χ0v) is 20.1. The van der Waals surface area contributed by atoms with E-state index in [0.29, 0.717) is 12.4 Å². The zero-order chi connectivity index (χ0) is 23.4. The summed E-state index contributed by atoms with van der Waals surface area (Å²) in [5, 5.41) is 9.83. The van der Waals surface area contributed by atoms with Gasteiger partial charge in [0.1, 0.15) is 29.8 Å². The Bertz CT molecular complexity index is 1140. The van der Waals surface area contributed by atoms with E-state index in [4.69, 9.17) is 19.9 Å². The predicted octanol–water partition coefficient (Wildman–Crippen LogP) is 5.29. The molecular weight excluding hydrogens is 472 g/mol. The van der Waals surface area contributed by atoms with Crippen LogP contribution in [-0.4, -0.2) is 12.6 Å². The van der Waals surface area contributed by atoms with Crippen LogP contribution in [0.2, 0.25) is 0 Å². The topological polar surface area (TPSA) is 94.6 Å². The molecule has 0 spiro atoms. The number of rotatable bonds is 6. The Labute approximate surface area is 196 Å². The highest BCUT2D eigenvalue weighted by Crippen LogP contribution is 2.41. The fraction of sp³-hybridized carbons (Fsp3) is 0.280. The van der Waals surface area contributed by atoms with Gasteiger partial charge < -0.3 is 19.9 Å². The number of ether oxygens (including phenoxy) is 3. The first-order valence-corrected chi connectivity index (χ1v) is 11.0. The number of carbonyl (C=O) groups is 1. The summed E-state index contributed by atoms with van der Waals surface area (Å²) in [6.07, 6.45) is 0. The Morgan fingerprint density at radius 1 is 1.19 bits per heavy atom. The molecule has 1 unspecified atom stereocenters. The molecule has 3 rings (SSSR count). The van der Waals surface area contributed by atoms with E-state index in [2.05, 4.69) is 22.0 Å². The van der Waals surface area contributed by atoms with Crippen molar-refractivity contribution in [3.63, 3.8) is 0 Å². The molecule has 0 aromatic heterocycles. The van der Waals surface area contributed by atoms with Gasteiger partial charge in [-0.05, 0) is 74.2 Å². The van der Waals surface area contributed by atoms with Crippen molar-refractivity contribution in [3.05, 3.63) is 85.9 Å². The van der Waals surface area contributed by atoms with Crippen molar-refractivity contribution in [2.24, 2.45) is 5.73 Å². The van der Waals surface area contributed by atoms with Gasteiger partial charge in [0.2, 0.25) is 5.88 Å². The highest BCUT2D eigenvalue weighted by atomic mass is 79.9. The Kier molecular flexibility index (Phi) is 7.26. The van der Waals surface area contributed by atoms with E-state index in [9.17, 15) is 10.1 Å². The van der Waals surface area contributed by atoms with E-state index >= 15 is 0 Å². The van der Waals surface area contributed by atoms with Gasteiger partial charge in [0.15, 0.2) is 0 Å². The number of benzene rings is 2. The predicted molar refractivity (Wildman–Crippen MR) is 124 cm³/mol. The van der Waals surface area contributed by atoms with E-state index in [1.54, 1.807) is 13.8 Å². The molecule has 1 aliphatic rings. The number of nitrogens with zero attached hydrogens (tertiary/aromatic N) is 1. The summed E-state index contributed by atoms with van der Waals surface area (Å²) in [6, 6.07) is 13.7. The number of hydrogen-bond donors (Lipinski definition) is 1. The molecule has 0 fully saturated rings. The first kappa shape index (κ1) is 23.4. The molecule has 1 aliphatic heterocycles. The van der Waals surface area contributed by atoms with Crippen molar-refractivity contribution < 1.29 is 19.0 Å². The van der Waals surface area contributed by atoms with Gasteiger partial charge >= 0.3 is 5.97 Å². The molecule has 0 bridgehead atoms. The van der Waals surface area contributed by atoms with E-state index in [1.807, 2.05) is 50.2 Å². The molecule has 1 heterocycles. The Morgan fingerprint density at radius 3 is 2.50 bits per heavy atom. The number of halogens is 1. The molecule has 166 valence electrons. The van der Waals surface area contributed by atoms with E-state index < -0.39 is 11.9 Å². The van der Waals surface area contributed by atoms with Crippen molar-refractivity contribution in [1.82, 2.24) is 0 Å². The largest absolute Gasteiger partial charge is 0.489 e. The van der Waals surface area contributed by atoms with Gasteiger partial charge in [-0.2, -0.15) is 5.26 Å². The summed E-state index contributed by atoms with van der Waals surface area (Å²) in [4.78, 5) is 12.8. The lowest BCUT2D eigenvalue weighted by Gasteiger charge is -2.28. The Morgan fingerprint density at radius 2 is 1.88 bits per heavy atom. The fourth-order valence-corrected chi connectivity index (χ4v) is 4.00. The van der Waals surface area contributed by atoms with Crippen LogP contribution in [0.5, 0.6) is 5.75 Å².